The molecule has 0 bridgehead atoms. The predicted molar refractivity (Wildman–Crippen MR) is 78.0 cm³/mol. The van der Waals surface area contributed by atoms with Gasteiger partial charge in [0.15, 0.2) is 5.82 Å². The number of aromatic nitrogens is 4. The van der Waals surface area contributed by atoms with E-state index in [1.54, 1.807) is 0 Å². The third kappa shape index (κ3) is 2.67. The standard InChI is InChI=1S/C15H17N5/c1-11-17-14(19-18-11)10-20(2)9-13-6-3-5-12-7-4-8-16-15(12)13/h3-8H,9-10H2,1-2H3,(H,17,18,19). The van der Waals surface area contributed by atoms with Gasteiger partial charge in [-0.2, -0.15) is 5.10 Å². The number of benzene rings is 1. The molecule has 2 aromatic heterocycles. The molecule has 5 nitrogen and oxygen atoms in total. The molecule has 0 amide bonds. The molecule has 1 aromatic carbocycles. The Labute approximate surface area is 117 Å². The van der Waals surface area contributed by atoms with Crippen LogP contribution in [0.5, 0.6) is 0 Å². The summed E-state index contributed by atoms with van der Waals surface area (Å²) in [6.45, 7) is 3.45. The van der Waals surface area contributed by atoms with E-state index in [0.717, 1.165) is 23.7 Å². The first-order valence-corrected chi connectivity index (χ1v) is 6.61. The molecular formula is C15H17N5. The first kappa shape index (κ1) is 12.7. The number of nitrogens with one attached hydrogen (secondary N) is 1. The van der Waals surface area contributed by atoms with Crippen molar-refractivity contribution in [1.82, 2.24) is 25.1 Å². The minimum absolute atomic E-state index is 0.716. The van der Waals surface area contributed by atoms with Crippen LogP contribution in [0.2, 0.25) is 0 Å². The lowest BCUT2D eigenvalue weighted by atomic mass is 10.1. The quantitative estimate of drug-likeness (QED) is 0.788. The van der Waals surface area contributed by atoms with E-state index in [0.29, 0.717) is 6.54 Å². The lowest BCUT2D eigenvalue weighted by molar-refractivity contribution is 0.312. The number of fused-ring (bicyclic) bond motifs is 1. The van der Waals surface area contributed by atoms with Gasteiger partial charge in [0.25, 0.3) is 0 Å². The summed E-state index contributed by atoms with van der Waals surface area (Å²) in [6.07, 6.45) is 1.84. The Morgan fingerprint density at radius 2 is 2.00 bits per heavy atom. The highest BCUT2D eigenvalue weighted by molar-refractivity contribution is 5.81. The predicted octanol–water partition coefficient (Wildman–Crippen LogP) is 2.29. The van der Waals surface area contributed by atoms with Crippen molar-refractivity contribution in [3.05, 3.63) is 53.7 Å². The number of H-pyrrole nitrogens is 1. The van der Waals surface area contributed by atoms with E-state index in [-0.39, 0.29) is 0 Å². The van der Waals surface area contributed by atoms with Gasteiger partial charge < -0.3 is 0 Å². The van der Waals surface area contributed by atoms with E-state index >= 15 is 0 Å². The van der Waals surface area contributed by atoms with Crippen LogP contribution < -0.4 is 0 Å². The molecule has 0 atom stereocenters. The number of nitrogens with zero attached hydrogens (tertiary/aromatic N) is 4. The summed E-state index contributed by atoms with van der Waals surface area (Å²) in [5.74, 6) is 1.67. The maximum Gasteiger partial charge on any atom is 0.164 e. The topological polar surface area (TPSA) is 57.7 Å². The monoisotopic (exact) mass is 267 g/mol. The fraction of sp³-hybridized carbons (Fsp3) is 0.267. The molecule has 0 aliphatic carbocycles. The van der Waals surface area contributed by atoms with Crippen LogP contribution in [0.1, 0.15) is 17.2 Å². The van der Waals surface area contributed by atoms with Gasteiger partial charge in [-0.1, -0.05) is 24.3 Å². The zero-order valence-corrected chi connectivity index (χ0v) is 11.7. The van der Waals surface area contributed by atoms with Gasteiger partial charge in [0.1, 0.15) is 5.82 Å². The summed E-state index contributed by atoms with van der Waals surface area (Å²) in [5.41, 5.74) is 2.28. The SMILES string of the molecule is Cc1nc(CN(C)Cc2cccc3cccnc23)n[nH]1. The summed E-state index contributed by atoms with van der Waals surface area (Å²) in [4.78, 5) is 11.0. The Bertz CT molecular complexity index is 714. The third-order valence-electron chi connectivity index (χ3n) is 3.21. The highest BCUT2D eigenvalue weighted by Crippen LogP contribution is 2.17. The lowest BCUT2D eigenvalue weighted by Gasteiger charge is -2.15. The first-order valence-electron chi connectivity index (χ1n) is 6.61. The second kappa shape index (κ2) is 5.38. The Hall–Kier alpha value is -2.27. The average Bonchev–Trinajstić information content (AvgIpc) is 2.84. The Kier molecular flexibility index (Phi) is 3.43. The number of rotatable bonds is 4. The molecule has 3 rings (SSSR count). The lowest BCUT2D eigenvalue weighted by Crippen LogP contribution is -2.18. The molecule has 0 fully saturated rings. The van der Waals surface area contributed by atoms with Gasteiger partial charge >= 0.3 is 0 Å². The van der Waals surface area contributed by atoms with Crippen LogP contribution in [0.3, 0.4) is 0 Å². The second-order valence-electron chi connectivity index (χ2n) is 5.00. The highest BCUT2D eigenvalue weighted by atomic mass is 15.2. The molecule has 0 saturated heterocycles. The molecule has 5 heteroatoms. The highest BCUT2D eigenvalue weighted by Gasteiger charge is 2.08. The van der Waals surface area contributed by atoms with E-state index in [4.69, 9.17) is 0 Å². The molecule has 0 radical (unpaired) electrons. The summed E-state index contributed by atoms with van der Waals surface area (Å²) < 4.78 is 0. The summed E-state index contributed by atoms with van der Waals surface area (Å²) in [6, 6.07) is 10.3. The number of hydrogen-bond donors (Lipinski definition) is 1. The van der Waals surface area contributed by atoms with Crippen molar-refractivity contribution >= 4 is 10.9 Å². The molecular weight excluding hydrogens is 250 g/mol. The summed E-state index contributed by atoms with van der Waals surface area (Å²) in [7, 11) is 2.06. The van der Waals surface area contributed by atoms with Crippen molar-refractivity contribution < 1.29 is 0 Å². The van der Waals surface area contributed by atoms with Crippen molar-refractivity contribution in [2.45, 2.75) is 20.0 Å². The van der Waals surface area contributed by atoms with Gasteiger partial charge in [0, 0.05) is 18.1 Å². The fourth-order valence-electron chi connectivity index (χ4n) is 2.34. The van der Waals surface area contributed by atoms with Crippen LogP contribution in [0.4, 0.5) is 0 Å². The van der Waals surface area contributed by atoms with Crippen molar-refractivity contribution in [3.63, 3.8) is 0 Å². The van der Waals surface area contributed by atoms with E-state index in [2.05, 4.69) is 56.4 Å². The van der Waals surface area contributed by atoms with Gasteiger partial charge in [-0.25, -0.2) is 4.98 Å². The van der Waals surface area contributed by atoms with Gasteiger partial charge in [-0.15, -0.1) is 0 Å². The maximum atomic E-state index is 4.48. The van der Waals surface area contributed by atoms with Crippen molar-refractivity contribution in [3.8, 4) is 0 Å². The van der Waals surface area contributed by atoms with Gasteiger partial charge in [-0.3, -0.25) is 15.0 Å². The van der Waals surface area contributed by atoms with E-state index < -0.39 is 0 Å². The average molecular weight is 267 g/mol. The molecule has 0 aliphatic heterocycles. The van der Waals surface area contributed by atoms with Crippen LogP contribution in [0, 0.1) is 6.92 Å². The summed E-state index contributed by atoms with van der Waals surface area (Å²) >= 11 is 0. The van der Waals surface area contributed by atoms with E-state index in [1.807, 2.05) is 19.2 Å². The third-order valence-corrected chi connectivity index (χ3v) is 3.21. The van der Waals surface area contributed by atoms with Gasteiger partial charge in [0.2, 0.25) is 0 Å². The Morgan fingerprint density at radius 3 is 2.80 bits per heavy atom. The van der Waals surface area contributed by atoms with Crippen LogP contribution in [-0.2, 0) is 13.1 Å². The number of pyridine rings is 1. The Morgan fingerprint density at radius 1 is 1.15 bits per heavy atom. The zero-order chi connectivity index (χ0) is 13.9. The molecule has 102 valence electrons. The van der Waals surface area contributed by atoms with Crippen LogP contribution in [-0.4, -0.2) is 32.1 Å². The number of para-hydroxylation sites is 1. The van der Waals surface area contributed by atoms with Crippen molar-refractivity contribution in [1.29, 1.82) is 0 Å². The molecule has 0 saturated carbocycles. The Balaban J connectivity index is 1.79. The molecule has 0 aliphatic rings. The van der Waals surface area contributed by atoms with Crippen molar-refractivity contribution in [2.75, 3.05) is 7.05 Å². The molecule has 0 spiro atoms. The number of aryl methyl sites for hydroxylation is 1. The first-order chi connectivity index (χ1) is 9.72. The molecule has 1 N–H and O–H groups in total. The second-order valence-corrected chi connectivity index (χ2v) is 5.00. The summed E-state index contributed by atoms with van der Waals surface area (Å²) in [5, 5.41) is 8.21. The molecule has 3 aromatic rings. The number of hydrogen-bond acceptors (Lipinski definition) is 4. The largest absolute Gasteiger partial charge is 0.295 e. The molecule has 2 heterocycles. The minimum Gasteiger partial charge on any atom is -0.295 e. The fourth-order valence-corrected chi connectivity index (χ4v) is 2.34. The van der Waals surface area contributed by atoms with Crippen LogP contribution in [0.25, 0.3) is 10.9 Å². The van der Waals surface area contributed by atoms with Crippen LogP contribution in [0.15, 0.2) is 36.5 Å². The normalized spacial score (nSPS) is 11.3. The number of aromatic amines is 1. The van der Waals surface area contributed by atoms with Gasteiger partial charge in [0.05, 0.1) is 12.1 Å². The maximum absolute atomic E-state index is 4.48. The van der Waals surface area contributed by atoms with E-state index in [1.165, 1.54) is 10.9 Å². The van der Waals surface area contributed by atoms with Gasteiger partial charge in [-0.05, 0) is 25.6 Å². The molecule has 0 unspecified atom stereocenters. The van der Waals surface area contributed by atoms with Crippen molar-refractivity contribution in [2.24, 2.45) is 0 Å². The van der Waals surface area contributed by atoms with E-state index in [9.17, 15) is 0 Å². The zero-order valence-electron chi connectivity index (χ0n) is 11.7. The molecule has 20 heavy (non-hydrogen) atoms. The van der Waals surface area contributed by atoms with Crippen LogP contribution >= 0.6 is 0 Å². The smallest absolute Gasteiger partial charge is 0.164 e. The minimum atomic E-state index is 0.716.